The summed E-state index contributed by atoms with van der Waals surface area (Å²) in [6.45, 7) is 0. The van der Waals surface area contributed by atoms with Gasteiger partial charge in [-0.2, -0.15) is 8.78 Å². The predicted octanol–water partition coefficient (Wildman–Crippen LogP) is 5.69. The average molecular weight is 454 g/mol. The van der Waals surface area contributed by atoms with Crippen LogP contribution in [0, 0.1) is 0 Å². The zero-order valence-electron chi connectivity index (χ0n) is 7.58. The van der Waals surface area contributed by atoms with Crippen LogP contribution in [0.15, 0.2) is 31.9 Å². The first-order valence-corrected chi connectivity index (χ1v) is 6.11. The third kappa shape index (κ3) is 3.44. The highest BCUT2D eigenvalue weighted by molar-refractivity contribution is 14.1. The third-order valence-corrected chi connectivity index (χ3v) is 2.67. The largest absolute Gasteiger partial charge is 0.203 e. The summed E-state index contributed by atoms with van der Waals surface area (Å²) in [5.74, 6) is -2.04. The van der Waals surface area contributed by atoms with Gasteiger partial charge in [-0.05, 0) is 45.2 Å². The summed E-state index contributed by atoms with van der Waals surface area (Å²) in [6.07, 6.45) is 0. The lowest BCUT2D eigenvalue weighted by Crippen LogP contribution is -1.83. The summed E-state index contributed by atoms with van der Waals surface area (Å²) in [7, 11) is 0. The van der Waals surface area contributed by atoms with E-state index in [1.807, 2.05) is 0 Å². The van der Waals surface area contributed by atoms with E-state index in [4.69, 9.17) is 0 Å². The molecule has 0 aliphatic heterocycles. The second kappa shape index (κ2) is 5.99. The van der Waals surface area contributed by atoms with Crippen LogP contribution in [-0.2, 0) is 0 Å². The van der Waals surface area contributed by atoms with E-state index in [2.05, 4.69) is 0 Å². The van der Waals surface area contributed by atoms with E-state index in [0.717, 1.165) is 0 Å². The van der Waals surface area contributed by atoms with Gasteiger partial charge in [0.15, 0.2) is 19.3 Å². The van der Waals surface area contributed by atoms with Gasteiger partial charge in [0.2, 0.25) is 0 Å². The first kappa shape index (κ1) is 13.9. The van der Waals surface area contributed by atoms with E-state index in [1.165, 1.54) is 69.4 Å². The maximum atomic E-state index is 13.1. The second-order valence-electron chi connectivity index (χ2n) is 2.73. The molecule has 0 radical (unpaired) electrons. The molecular weight excluding hydrogens is 450 g/mol. The molecule has 0 aliphatic rings. The fourth-order valence-corrected chi connectivity index (χ4v) is 1.60. The summed E-state index contributed by atoms with van der Waals surface area (Å²) in [5.41, 5.74) is -0.0327. The van der Waals surface area contributed by atoms with Gasteiger partial charge in [0.25, 0.3) is 0 Å². The Morgan fingerprint density at radius 2 is 0.938 bits per heavy atom. The van der Waals surface area contributed by atoms with Crippen molar-refractivity contribution in [2.45, 2.75) is 0 Å². The molecule has 0 spiro atoms. The molecule has 0 atom stereocenters. The van der Waals surface area contributed by atoms with Crippen molar-refractivity contribution in [2.24, 2.45) is 0 Å². The Morgan fingerprint density at radius 1 is 0.688 bits per heavy atom. The summed E-state index contributed by atoms with van der Waals surface area (Å²) in [5, 5.41) is 0. The minimum atomic E-state index is -1.02. The SMILES string of the molecule is F/C(I)=C(/F)c1ccc(/C(F)=C(\F)I)cc1. The Bertz CT molecular complexity index is 397. The van der Waals surface area contributed by atoms with Gasteiger partial charge in [0.05, 0.1) is 0 Å². The second-order valence-corrected chi connectivity index (χ2v) is 4.62. The molecule has 86 valence electrons. The summed E-state index contributed by atoms with van der Waals surface area (Å²) < 4.78 is 49.2. The van der Waals surface area contributed by atoms with Crippen molar-refractivity contribution in [3.05, 3.63) is 43.1 Å². The number of halogens is 6. The number of benzene rings is 1. The van der Waals surface area contributed by atoms with E-state index in [-0.39, 0.29) is 11.1 Å². The summed E-state index contributed by atoms with van der Waals surface area (Å²) >= 11 is 2.40. The Kier molecular flexibility index (Phi) is 5.22. The van der Waals surface area contributed by atoms with Crippen LogP contribution in [-0.4, -0.2) is 0 Å². The highest BCUT2D eigenvalue weighted by Crippen LogP contribution is 2.29. The average Bonchev–Trinajstić information content (AvgIpc) is 2.27. The van der Waals surface area contributed by atoms with E-state index < -0.39 is 19.3 Å². The molecular formula is C10H4F4I2. The van der Waals surface area contributed by atoms with Crippen LogP contribution in [0.4, 0.5) is 17.6 Å². The molecule has 0 saturated carbocycles. The molecule has 0 nitrogen and oxygen atoms in total. The van der Waals surface area contributed by atoms with Gasteiger partial charge >= 0.3 is 0 Å². The van der Waals surface area contributed by atoms with Gasteiger partial charge in [-0.3, -0.25) is 0 Å². The van der Waals surface area contributed by atoms with Crippen LogP contribution < -0.4 is 0 Å². The molecule has 0 heterocycles. The molecule has 1 aromatic rings. The zero-order chi connectivity index (χ0) is 12.3. The molecule has 0 amide bonds. The fourth-order valence-electron chi connectivity index (χ4n) is 0.981. The Labute approximate surface area is 117 Å². The molecule has 0 N–H and O–H groups in total. The van der Waals surface area contributed by atoms with Crippen LogP contribution >= 0.6 is 45.2 Å². The first-order valence-electron chi connectivity index (χ1n) is 3.96. The lowest BCUT2D eigenvalue weighted by Gasteiger charge is -2.00. The first-order chi connectivity index (χ1) is 7.43. The highest BCUT2D eigenvalue weighted by atomic mass is 127. The monoisotopic (exact) mass is 454 g/mol. The van der Waals surface area contributed by atoms with Crippen molar-refractivity contribution in [2.75, 3.05) is 0 Å². The van der Waals surface area contributed by atoms with Crippen LogP contribution in [0.25, 0.3) is 11.7 Å². The molecule has 0 unspecified atom stereocenters. The molecule has 0 fully saturated rings. The standard InChI is InChI=1S/C10H4F4I2/c11-7(9(13)15)5-1-2-6(4-3-5)8(12)10(14)16/h1-4H/b9-7-,10-8-. The van der Waals surface area contributed by atoms with E-state index in [1.54, 1.807) is 0 Å². The molecule has 1 aromatic carbocycles. The van der Waals surface area contributed by atoms with E-state index in [0.29, 0.717) is 0 Å². The maximum absolute atomic E-state index is 13.1. The van der Waals surface area contributed by atoms with Crippen molar-refractivity contribution in [3.8, 4) is 0 Å². The van der Waals surface area contributed by atoms with Crippen LogP contribution in [0.1, 0.15) is 11.1 Å². The molecule has 16 heavy (non-hydrogen) atoms. The Hall–Kier alpha value is -0.120. The molecule has 0 aromatic heterocycles. The van der Waals surface area contributed by atoms with Crippen LogP contribution in [0.5, 0.6) is 0 Å². The number of rotatable bonds is 2. The minimum absolute atomic E-state index is 0.0164. The topological polar surface area (TPSA) is 0 Å². The molecule has 0 bridgehead atoms. The van der Waals surface area contributed by atoms with Crippen molar-refractivity contribution in [1.82, 2.24) is 0 Å². The van der Waals surface area contributed by atoms with E-state index in [9.17, 15) is 17.6 Å². The van der Waals surface area contributed by atoms with Crippen LogP contribution in [0.2, 0.25) is 0 Å². The Morgan fingerprint density at radius 3 is 1.12 bits per heavy atom. The minimum Gasteiger partial charge on any atom is -0.203 e. The fraction of sp³-hybridized carbons (Fsp3) is 0. The van der Waals surface area contributed by atoms with Gasteiger partial charge < -0.3 is 0 Å². The van der Waals surface area contributed by atoms with Crippen LogP contribution in [0.3, 0.4) is 0 Å². The molecule has 1 rings (SSSR count). The number of hydrogen-bond donors (Lipinski definition) is 0. The van der Waals surface area contributed by atoms with Gasteiger partial charge in [-0.25, -0.2) is 8.78 Å². The van der Waals surface area contributed by atoms with Gasteiger partial charge in [0.1, 0.15) is 0 Å². The predicted molar refractivity (Wildman–Crippen MR) is 72.8 cm³/mol. The lowest BCUT2D eigenvalue weighted by molar-refractivity contribution is 0.662. The smallest absolute Gasteiger partial charge is 0.196 e. The Balaban J connectivity index is 3.11. The van der Waals surface area contributed by atoms with Crippen molar-refractivity contribution < 1.29 is 17.6 Å². The van der Waals surface area contributed by atoms with Crippen molar-refractivity contribution in [1.29, 1.82) is 0 Å². The zero-order valence-corrected chi connectivity index (χ0v) is 11.9. The molecule has 6 heteroatoms. The van der Waals surface area contributed by atoms with E-state index >= 15 is 0 Å². The van der Waals surface area contributed by atoms with Crippen molar-refractivity contribution >= 4 is 56.8 Å². The maximum Gasteiger partial charge on any atom is 0.196 e. The summed E-state index contributed by atoms with van der Waals surface area (Å²) in [6, 6.07) is 4.73. The summed E-state index contributed by atoms with van der Waals surface area (Å²) in [4.78, 5) is 0. The van der Waals surface area contributed by atoms with Gasteiger partial charge in [-0.15, -0.1) is 0 Å². The lowest BCUT2D eigenvalue weighted by atomic mass is 10.1. The normalized spacial score (nSPS) is 14.4. The van der Waals surface area contributed by atoms with Crippen molar-refractivity contribution in [3.63, 3.8) is 0 Å². The molecule has 0 aliphatic carbocycles. The quantitative estimate of drug-likeness (QED) is 0.399. The highest BCUT2D eigenvalue weighted by Gasteiger charge is 2.09. The van der Waals surface area contributed by atoms with Gasteiger partial charge in [-0.1, -0.05) is 24.3 Å². The van der Waals surface area contributed by atoms with Gasteiger partial charge in [0, 0.05) is 11.1 Å². The molecule has 0 saturated heterocycles. The third-order valence-electron chi connectivity index (χ3n) is 1.72. The number of hydrogen-bond acceptors (Lipinski definition) is 0.